The lowest BCUT2D eigenvalue weighted by Crippen LogP contribution is -2.60. The van der Waals surface area contributed by atoms with Crippen molar-refractivity contribution in [3.05, 3.63) is 0 Å². The molecule has 2 aliphatic rings. The summed E-state index contributed by atoms with van der Waals surface area (Å²) in [5.41, 5.74) is -1.42. The van der Waals surface area contributed by atoms with E-state index in [9.17, 15) is 37.6 Å². The topological polar surface area (TPSA) is 131 Å². The van der Waals surface area contributed by atoms with Crippen LogP contribution in [0.1, 0.15) is 73.1 Å². The minimum atomic E-state index is -5.17. The third-order valence-corrected chi connectivity index (χ3v) is 6.96. The van der Waals surface area contributed by atoms with E-state index in [2.05, 4.69) is 10.6 Å². The summed E-state index contributed by atoms with van der Waals surface area (Å²) in [6.07, 6.45) is -1.83. The van der Waals surface area contributed by atoms with Crippen LogP contribution in [-0.4, -0.2) is 65.4 Å². The van der Waals surface area contributed by atoms with Crippen LogP contribution in [-0.2, 0) is 19.2 Å². The predicted octanol–water partition coefficient (Wildman–Crippen LogP) is 2.41. The summed E-state index contributed by atoms with van der Waals surface area (Å²) in [5.74, 6) is -4.19. The maximum absolute atomic E-state index is 13.3. The van der Waals surface area contributed by atoms with Crippen LogP contribution in [0.25, 0.3) is 0 Å². The van der Waals surface area contributed by atoms with E-state index in [1.54, 1.807) is 5.32 Å². The number of halogens is 3. The third kappa shape index (κ3) is 8.61. The van der Waals surface area contributed by atoms with Crippen LogP contribution >= 0.6 is 0 Å². The van der Waals surface area contributed by atoms with Crippen LogP contribution in [0, 0.1) is 28.6 Å². The van der Waals surface area contributed by atoms with Crippen molar-refractivity contribution in [1.29, 1.82) is 5.26 Å². The Morgan fingerprint density at radius 3 is 2.19 bits per heavy atom. The second kappa shape index (κ2) is 11.3. The lowest BCUT2D eigenvalue weighted by molar-refractivity contribution is -0.176. The fourth-order valence-corrected chi connectivity index (χ4v) is 4.41. The van der Waals surface area contributed by atoms with Gasteiger partial charge in [-0.15, -0.1) is 0 Å². The molecule has 37 heavy (non-hydrogen) atoms. The number of nitrogens with zero attached hydrogens (tertiary/aromatic N) is 2. The van der Waals surface area contributed by atoms with Gasteiger partial charge in [-0.1, -0.05) is 33.6 Å². The summed E-state index contributed by atoms with van der Waals surface area (Å²) in [7, 11) is 1.31. The molecular weight excluding hydrogens is 491 g/mol. The number of carbonyl (C=O) groups excluding carboxylic acids is 4. The first-order chi connectivity index (χ1) is 16.9. The lowest BCUT2D eigenvalue weighted by atomic mass is 9.83. The fourth-order valence-electron chi connectivity index (χ4n) is 4.41. The van der Waals surface area contributed by atoms with Crippen molar-refractivity contribution < 1.29 is 32.3 Å². The van der Waals surface area contributed by atoms with Crippen molar-refractivity contribution in [1.82, 2.24) is 20.9 Å². The highest BCUT2D eigenvalue weighted by Crippen LogP contribution is 2.35. The Hall–Kier alpha value is -2.84. The zero-order valence-corrected chi connectivity index (χ0v) is 22.3. The van der Waals surface area contributed by atoms with Crippen LogP contribution < -0.4 is 16.0 Å². The molecular formula is C25H38F3N5O4. The molecule has 0 aromatic heterocycles. The van der Waals surface area contributed by atoms with Crippen LogP contribution in [0.5, 0.6) is 0 Å². The molecule has 0 aromatic carbocycles. The highest BCUT2D eigenvalue weighted by Gasteiger charge is 2.46. The molecule has 1 saturated heterocycles. The number of hydrogen-bond acceptors (Lipinski definition) is 5. The lowest BCUT2D eigenvalue weighted by Gasteiger charge is -2.37. The van der Waals surface area contributed by atoms with Gasteiger partial charge in [-0.25, -0.2) is 0 Å². The summed E-state index contributed by atoms with van der Waals surface area (Å²) in [5, 5.41) is 17.0. The minimum absolute atomic E-state index is 0.101. The van der Waals surface area contributed by atoms with Gasteiger partial charge in [-0.3, -0.25) is 19.2 Å². The average Bonchev–Trinajstić information content (AvgIpc) is 3.58. The molecule has 1 saturated carbocycles. The van der Waals surface area contributed by atoms with E-state index < -0.39 is 53.4 Å². The fraction of sp³-hybridized carbons (Fsp3) is 0.800. The van der Waals surface area contributed by atoms with Crippen molar-refractivity contribution in [2.45, 2.75) is 103 Å². The standard InChI is InChI=1S/C25H38F3N5O4/c1-23(2,3)18(31-22(37)25(26,27)28)21(36)33(6)17(11-14-7-8-14)20(35)30-16(13-29)12-15-9-10-24(4,5)32-19(15)34/h14-18H,7-12H2,1-6H3,(H,30,35)(H,31,37)(H,32,34). The predicted molar refractivity (Wildman–Crippen MR) is 128 cm³/mol. The van der Waals surface area contributed by atoms with Crippen molar-refractivity contribution >= 4 is 23.6 Å². The Balaban J connectivity index is 2.17. The first-order valence-corrected chi connectivity index (χ1v) is 12.5. The smallest absolute Gasteiger partial charge is 0.351 e. The van der Waals surface area contributed by atoms with Gasteiger partial charge < -0.3 is 20.9 Å². The van der Waals surface area contributed by atoms with E-state index in [1.165, 1.54) is 27.8 Å². The zero-order valence-electron chi connectivity index (χ0n) is 22.3. The molecule has 0 aromatic rings. The molecule has 1 heterocycles. The molecule has 1 aliphatic heterocycles. The van der Waals surface area contributed by atoms with Crippen LogP contribution in [0.2, 0.25) is 0 Å². The molecule has 0 spiro atoms. The van der Waals surface area contributed by atoms with E-state index in [-0.39, 0.29) is 30.2 Å². The van der Waals surface area contributed by atoms with Gasteiger partial charge in [0.2, 0.25) is 17.7 Å². The highest BCUT2D eigenvalue weighted by molar-refractivity contribution is 5.93. The molecule has 3 N–H and O–H groups in total. The second-order valence-corrected chi connectivity index (χ2v) is 11.9. The molecule has 1 aliphatic carbocycles. The van der Waals surface area contributed by atoms with Crippen molar-refractivity contribution in [3.63, 3.8) is 0 Å². The van der Waals surface area contributed by atoms with E-state index in [0.717, 1.165) is 24.2 Å². The highest BCUT2D eigenvalue weighted by atomic mass is 19.4. The van der Waals surface area contributed by atoms with E-state index in [1.807, 2.05) is 19.9 Å². The number of hydrogen-bond donors (Lipinski definition) is 3. The number of likely N-dealkylation sites (N-methyl/N-ethyl adjacent to an activating group) is 1. The normalized spacial score (nSPS) is 22.1. The first-order valence-electron chi connectivity index (χ1n) is 12.5. The summed E-state index contributed by atoms with van der Waals surface area (Å²) < 4.78 is 38.7. The molecule has 4 unspecified atom stereocenters. The Morgan fingerprint density at radius 2 is 1.73 bits per heavy atom. The van der Waals surface area contributed by atoms with Crippen LogP contribution in [0.3, 0.4) is 0 Å². The summed E-state index contributed by atoms with van der Waals surface area (Å²) >= 11 is 0. The minimum Gasteiger partial charge on any atom is -0.351 e. The van der Waals surface area contributed by atoms with E-state index in [0.29, 0.717) is 6.42 Å². The van der Waals surface area contributed by atoms with Gasteiger partial charge in [0.05, 0.1) is 6.07 Å². The van der Waals surface area contributed by atoms with Gasteiger partial charge in [-0.2, -0.15) is 18.4 Å². The molecule has 2 rings (SSSR count). The number of nitrogens with one attached hydrogen (secondary N) is 3. The molecule has 2 fully saturated rings. The first kappa shape index (κ1) is 30.4. The molecule has 9 nitrogen and oxygen atoms in total. The van der Waals surface area contributed by atoms with Crippen molar-refractivity contribution in [2.24, 2.45) is 17.3 Å². The van der Waals surface area contributed by atoms with Crippen molar-refractivity contribution in [2.75, 3.05) is 7.05 Å². The van der Waals surface area contributed by atoms with Gasteiger partial charge in [0, 0.05) is 18.5 Å². The van der Waals surface area contributed by atoms with Crippen LogP contribution in [0.15, 0.2) is 0 Å². The Bertz CT molecular complexity index is 934. The van der Waals surface area contributed by atoms with Gasteiger partial charge >= 0.3 is 12.1 Å². The number of rotatable bonds is 9. The maximum Gasteiger partial charge on any atom is 0.471 e. The van der Waals surface area contributed by atoms with E-state index in [4.69, 9.17) is 0 Å². The zero-order chi connectivity index (χ0) is 28.3. The number of amides is 4. The Kier molecular flexibility index (Phi) is 9.26. The largest absolute Gasteiger partial charge is 0.471 e. The Morgan fingerprint density at radius 1 is 1.14 bits per heavy atom. The third-order valence-electron chi connectivity index (χ3n) is 6.96. The van der Waals surface area contributed by atoms with Crippen LogP contribution in [0.4, 0.5) is 13.2 Å². The molecule has 12 heteroatoms. The number of carbonyl (C=O) groups is 4. The Labute approximate surface area is 215 Å². The SMILES string of the molecule is CN(C(=O)C(NC(=O)C(F)(F)F)C(C)(C)C)C(CC1CC1)C(=O)NC(C#N)CC1CCC(C)(C)NC1=O. The molecule has 0 bridgehead atoms. The van der Waals surface area contributed by atoms with Gasteiger partial charge in [-0.05, 0) is 50.9 Å². The molecule has 0 radical (unpaired) electrons. The summed E-state index contributed by atoms with van der Waals surface area (Å²) in [6.45, 7) is 8.35. The summed E-state index contributed by atoms with van der Waals surface area (Å²) in [4.78, 5) is 51.7. The van der Waals surface area contributed by atoms with Gasteiger partial charge in [0.25, 0.3) is 0 Å². The number of nitriles is 1. The van der Waals surface area contributed by atoms with Crippen molar-refractivity contribution in [3.8, 4) is 6.07 Å². The molecule has 4 atom stereocenters. The van der Waals surface area contributed by atoms with E-state index >= 15 is 0 Å². The van der Waals surface area contributed by atoms with Gasteiger partial charge in [0.15, 0.2) is 0 Å². The van der Waals surface area contributed by atoms with Gasteiger partial charge in [0.1, 0.15) is 18.1 Å². The second-order valence-electron chi connectivity index (χ2n) is 11.9. The maximum atomic E-state index is 13.3. The monoisotopic (exact) mass is 529 g/mol. The number of alkyl halides is 3. The summed E-state index contributed by atoms with van der Waals surface area (Å²) in [6, 6.07) is -1.57. The number of piperidine rings is 1. The molecule has 208 valence electrons. The quantitative estimate of drug-likeness (QED) is 0.422. The molecule has 4 amide bonds. The average molecular weight is 530 g/mol.